The highest BCUT2D eigenvalue weighted by molar-refractivity contribution is 5.15. The molecule has 0 unspecified atom stereocenters. The smallest absolute Gasteiger partial charge is 0.262 e. The first kappa shape index (κ1) is 11.5. The number of benzene rings is 1. The quantitative estimate of drug-likeness (QED) is 0.852. The summed E-state index contributed by atoms with van der Waals surface area (Å²) in [7, 11) is 0. The van der Waals surface area contributed by atoms with Crippen molar-refractivity contribution in [3.63, 3.8) is 0 Å². The number of likely N-dealkylation sites (tertiary alicyclic amines) is 1. The fourth-order valence-electron chi connectivity index (χ4n) is 2.15. The summed E-state index contributed by atoms with van der Waals surface area (Å²) in [5, 5.41) is 9.07. The maximum Gasteiger partial charge on any atom is 0.262 e. The molecule has 0 spiro atoms. The Labute approximate surface area is 93.5 Å². The van der Waals surface area contributed by atoms with Crippen LogP contribution in [-0.2, 0) is 6.54 Å². The highest BCUT2D eigenvalue weighted by Crippen LogP contribution is 2.32. The third kappa shape index (κ3) is 2.57. The van der Waals surface area contributed by atoms with Crippen LogP contribution < -0.4 is 0 Å². The Morgan fingerprint density at radius 1 is 1.31 bits per heavy atom. The normalized spacial score (nSPS) is 24.8. The van der Waals surface area contributed by atoms with Crippen molar-refractivity contribution >= 4 is 0 Å². The van der Waals surface area contributed by atoms with Gasteiger partial charge in [0.25, 0.3) is 5.92 Å². The van der Waals surface area contributed by atoms with E-state index in [0.717, 1.165) is 5.56 Å². The SMILES string of the molecule is OC[C@@H]1CC(F)(F)CN1Cc1ccccc1. The summed E-state index contributed by atoms with van der Waals surface area (Å²) in [6.07, 6.45) is -0.240. The minimum Gasteiger partial charge on any atom is -0.395 e. The predicted octanol–water partition coefficient (Wildman–Crippen LogP) is 1.89. The Hall–Kier alpha value is -1.00. The lowest BCUT2D eigenvalue weighted by molar-refractivity contribution is 0.0112. The third-order valence-corrected chi connectivity index (χ3v) is 2.92. The Morgan fingerprint density at radius 3 is 2.62 bits per heavy atom. The van der Waals surface area contributed by atoms with Gasteiger partial charge in [-0.05, 0) is 5.56 Å². The Bertz CT molecular complexity index is 342. The van der Waals surface area contributed by atoms with E-state index < -0.39 is 12.0 Å². The van der Waals surface area contributed by atoms with E-state index in [-0.39, 0.29) is 19.6 Å². The Kier molecular flexibility index (Phi) is 3.21. The third-order valence-electron chi connectivity index (χ3n) is 2.92. The van der Waals surface area contributed by atoms with Crippen LogP contribution in [0.25, 0.3) is 0 Å². The number of aliphatic hydroxyl groups excluding tert-OH is 1. The molecule has 0 saturated carbocycles. The van der Waals surface area contributed by atoms with Crippen molar-refractivity contribution in [1.82, 2.24) is 4.90 Å². The molecule has 0 bridgehead atoms. The largest absolute Gasteiger partial charge is 0.395 e. The Morgan fingerprint density at radius 2 is 2.00 bits per heavy atom. The van der Waals surface area contributed by atoms with Crippen molar-refractivity contribution in [1.29, 1.82) is 0 Å². The molecule has 1 aromatic carbocycles. The van der Waals surface area contributed by atoms with Crippen molar-refractivity contribution in [2.75, 3.05) is 13.2 Å². The van der Waals surface area contributed by atoms with Crippen LogP contribution in [0.2, 0.25) is 0 Å². The first-order chi connectivity index (χ1) is 7.61. The van der Waals surface area contributed by atoms with Gasteiger partial charge in [-0.2, -0.15) is 0 Å². The maximum atomic E-state index is 13.2. The van der Waals surface area contributed by atoms with Gasteiger partial charge in [0.2, 0.25) is 0 Å². The molecule has 0 aromatic heterocycles. The van der Waals surface area contributed by atoms with Crippen molar-refractivity contribution in [3.8, 4) is 0 Å². The molecule has 1 atom stereocenters. The minimum absolute atomic E-state index is 0.206. The number of hydrogen-bond donors (Lipinski definition) is 1. The fourth-order valence-corrected chi connectivity index (χ4v) is 2.15. The highest BCUT2D eigenvalue weighted by Gasteiger charge is 2.44. The zero-order chi connectivity index (χ0) is 11.6. The molecule has 16 heavy (non-hydrogen) atoms. The summed E-state index contributed by atoms with van der Waals surface area (Å²) in [6, 6.07) is 9.06. The second-order valence-electron chi connectivity index (χ2n) is 4.29. The summed E-state index contributed by atoms with van der Waals surface area (Å²) in [6.45, 7) is 0.0111. The number of alkyl halides is 2. The molecule has 4 heteroatoms. The van der Waals surface area contributed by atoms with Gasteiger partial charge in [-0.1, -0.05) is 30.3 Å². The van der Waals surface area contributed by atoms with Crippen molar-refractivity contribution in [2.45, 2.75) is 24.9 Å². The second kappa shape index (κ2) is 4.47. The molecule has 2 nitrogen and oxygen atoms in total. The molecule has 2 rings (SSSR count). The monoisotopic (exact) mass is 227 g/mol. The summed E-state index contributed by atoms with van der Waals surface area (Å²) < 4.78 is 26.4. The van der Waals surface area contributed by atoms with Gasteiger partial charge >= 0.3 is 0 Å². The van der Waals surface area contributed by atoms with Crippen LogP contribution in [0.4, 0.5) is 8.78 Å². The average molecular weight is 227 g/mol. The molecule has 1 fully saturated rings. The molecule has 1 saturated heterocycles. The van der Waals surface area contributed by atoms with Crippen LogP contribution in [0.15, 0.2) is 30.3 Å². The lowest BCUT2D eigenvalue weighted by Crippen LogP contribution is -2.32. The molecule has 1 aliphatic rings. The molecule has 1 aliphatic heterocycles. The van der Waals surface area contributed by atoms with Crippen LogP contribution in [0.3, 0.4) is 0 Å². The minimum atomic E-state index is -2.66. The summed E-state index contributed by atoms with van der Waals surface area (Å²) in [4.78, 5) is 1.65. The van der Waals surface area contributed by atoms with Crippen LogP contribution in [0.1, 0.15) is 12.0 Å². The fraction of sp³-hybridized carbons (Fsp3) is 0.500. The van der Waals surface area contributed by atoms with Gasteiger partial charge in [0.1, 0.15) is 0 Å². The molecular formula is C12H15F2NO. The number of aliphatic hydroxyl groups is 1. The predicted molar refractivity (Wildman–Crippen MR) is 57.3 cm³/mol. The summed E-state index contributed by atoms with van der Waals surface area (Å²) in [5.41, 5.74) is 0.999. The van der Waals surface area contributed by atoms with E-state index in [4.69, 9.17) is 5.11 Å². The molecule has 1 aromatic rings. The molecular weight excluding hydrogens is 212 g/mol. The van der Waals surface area contributed by atoms with E-state index in [1.54, 1.807) is 4.90 Å². The summed E-state index contributed by atoms with van der Waals surface area (Å²) in [5.74, 6) is -2.66. The van der Waals surface area contributed by atoms with E-state index in [2.05, 4.69) is 0 Å². The molecule has 1 heterocycles. The average Bonchev–Trinajstić information content (AvgIpc) is 2.54. The zero-order valence-electron chi connectivity index (χ0n) is 8.94. The van der Waals surface area contributed by atoms with Crippen molar-refractivity contribution in [3.05, 3.63) is 35.9 Å². The van der Waals surface area contributed by atoms with Crippen LogP contribution in [0.5, 0.6) is 0 Å². The number of hydrogen-bond acceptors (Lipinski definition) is 2. The van der Waals surface area contributed by atoms with E-state index >= 15 is 0 Å². The molecule has 88 valence electrons. The van der Waals surface area contributed by atoms with Gasteiger partial charge in [0, 0.05) is 19.0 Å². The zero-order valence-corrected chi connectivity index (χ0v) is 8.94. The Balaban J connectivity index is 2.04. The first-order valence-electron chi connectivity index (χ1n) is 5.37. The standard InChI is InChI=1S/C12H15F2NO/c13-12(14)6-11(8-16)15(9-12)7-10-4-2-1-3-5-10/h1-5,11,16H,6-9H2/t11-/m0/s1. The van der Waals surface area contributed by atoms with Gasteiger partial charge in [-0.25, -0.2) is 8.78 Å². The lowest BCUT2D eigenvalue weighted by Gasteiger charge is -2.21. The number of halogens is 2. The number of rotatable bonds is 3. The van der Waals surface area contributed by atoms with Crippen LogP contribution in [-0.4, -0.2) is 35.1 Å². The molecule has 0 radical (unpaired) electrons. The van der Waals surface area contributed by atoms with Crippen LogP contribution >= 0.6 is 0 Å². The molecule has 0 amide bonds. The van der Waals surface area contributed by atoms with Gasteiger partial charge in [-0.15, -0.1) is 0 Å². The van der Waals surface area contributed by atoms with Crippen LogP contribution in [0, 0.1) is 0 Å². The number of nitrogens with zero attached hydrogens (tertiary/aromatic N) is 1. The molecule has 1 N–H and O–H groups in total. The van der Waals surface area contributed by atoms with Gasteiger partial charge in [0.15, 0.2) is 0 Å². The van der Waals surface area contributed by atoms with Crippen molar-refractivity contribution in [2.24, 2.45) is 0 Å². The lowest BCUT2D eigenvalue weighted by atomic mass is 10.2. The first-order valence-corrected chi connectivity index (χ1v) is 5.37. The second-order valence-corrected chi connectivity index (χ2v) is 4.29. The summed E-state index contributed by atoms with van der Waals surface area (Å²) >= 11 is 0. The van der Waals surface area contributed by atoms with E-state index in [1.165, 1.54) is 0 Å². The van der Waals surface area contributed by atoms with E-state index in [0.29, 0.717) is 6.54 Å². The van der Waals surface area contributed by atoms with E-state index in [1.807, 2.05) is 30.3 Å². The molecule has 0 aliphatic carbocycles. The topological polar surface area (TPSA) is 23.5 Å². The van der Waals surface area contributed by atoms with Crippen molar-refractivity contribution < 1.29 is 13.9 Å². The van der Waals surface area contributed by atoms with E-state index in [9.17, 15) is 8.78 Å². The van der Waals surface area contributed by atoms with Gasteiger partial charge < -0.3 is 5.11 Å². The van der Waals surface area contributed by atoms with Gasteiger partial charge in [-0.3, -0.25) is 4.90 Å². The highest BCUT2D eigenvalue weighted by atomic mass is 19.3. The maximum absolute atomic E-state index is 13.2. The van der Waals surface area contributed by atoms with Gasteiger partial charge in [0.05, 0.1) is 13.2 Å².